The number of hydrogen-bond donors (Lipinski definition) is 0. The van der Waals surface area contributed by atoms with Gasteiger partial charge in [-0.15, -0.1) is 0 Å². The van der Waals surface area contributed by atoms with Crippen LogP contribution in [-0.4, -0.2) is 26.3 Å². The largest absolute Gasteiger partial charge is 0.465 e. The molecule has 0 unspecified atom stereocenters. The smallest absolute Gasteiger partial charge is 0.337 e. The van der Waals surface area contributed by atoms with E-state index in [0.29, 0.717) is 15.7 Å². The highest BCUT2D eigenvalue weighted by atomic mass is 16.5. The van der Waals surface area contributed by atoms with E-state index in [1.54, 1.807) is 20.8 Å². The first-order valence-corrected chi connectivity index (χ1v) is 7.07. The Labute approximate surface area is 132 Å². The van der Waals surface area contributed by atoms with Gasteiger partial charge in [-0.05, 0) is 20.8 Å². The number of hydrogen-bond acceptors (Lipinski definition) is 5. The van der Waals surface area contributed by atoms with Crippen LogP contribution < -0.4 is 17.1 Å². The second-order valence-electron chi connectivity index (χ2n) is 5.33. The lowest BCUT2D eigenvalue weighted by atomic mass is 10.3. The summed E-state index contributed by atoms with van der Waals surface area (Å²) in [7, 11) is 0. The fourth-order valence-electron chi connectivity index (χ4n) is 1.96. The van der Waals surface area contributed by atoms with Crippen LogP contribution in [0.25, 0.3) is 0 Å². The molecule has 0 amide bonds. The average molecular weight is 323 g/mol. The van der Waals surface area contributed by atoms with Crippen LogP contribution in [0.2, 0.25) is 0 Å². The van der Waals surface area contributed by atoms with Gasteiger partial charge < -0.3 is 4.74 Å². The van der Waals surface area contributed by atoms with E-state index in [2.05, 4.69) is 13.2 Å². The molecule has 0 aliphatic heterocycles. The summed E-state index contributed by atoms with van der Waals surface area (Å²) < 4.78 is 7.18. The zero-order chi connectivity index (χ0) is 17.7. The number of esters is 1. The average Bonchev–Trinajstić information content (AvgIpc) is 2.44. The molecule has 8 nitrogen and oxygen atoms in total. The van der Waals surface area contributed by atoms with E-state index in [0.717, 1.165) is 9.13 Å². The second-order valence-corrected chi connectivity index (χ2v) is 5.33. The third-order valence-electron chi connectivity index (χ3n) is 2.83. The van der Waals surface area contributed by atoms with Crippen molar-refractivity contribution in [2.75, 3.05) is 6.61 Å². The minimum Gasteiger partial charge on any atom is -0.465 e. The van der Waals surface area contributed by atoms with Crippen LogP contribution in [0.3, 0.4) is 0 Å². The summed E-state index contributed by atoms with van der Waals surface area (Å²) in [5.41, 5.74) is -1.37. The van der Waals surface area contributed by atoms with E-state index in [9.17, 15) is 19.2 Å². The van der Waals surface area contributed by atoms with E-state index in [1.807, 2.05) is 0 Å². The summed E-state index contributed by atoms with van der Waals surface area (Å²) in [6.07, 6.45) is 0. The number of aromatic nitrogens is 3. The summed E-state index contributed by atoms with van der Waals surface area (Å²) >= 11 is 0. The molecule has 0 N–H and O–H groups in total. The van der Waals surface area contributed by atoms with Crippen LogP contribution in [0.15, 0.2) is 38.7 Å². The molecular weight excluding hydrogens is 302 g/mol. The van der Waals surface area contributed by atoms with E-state index >= 15 is 0 Å². The summed E-state index contributed by atoms with van der Waals surface area (Å²) in [6, 6.07) is 0. The molecule has 0 atom stereocenters. The van der Waals surface area contributed by atoms with Crippen LogP contribution in [0.5, 0.6) is 0 Å². The summed E-state index contributed by atoms with van der Waals surface area (Å²) in [6.45, 7) is 11.7. The molecule has 0 radical (unpaired) electrons. The van der Waals surface area contributed by atoms with Gasteiger partial charge in [-0.3, -0.25) is 4.79 Å². The number of ether oxygens (including phenoxy) is 1. The third-order valence-corrected chi connectivity index (χ3v) is 2.83. The quantitative estimate of drug-likeness (QED) is 0.515. The number of carbonyl (C=O) groups excluding carboxylic acids is 1. The normalized spacial score (nSPS) is 10.4. The van der Waals surface area contributed by atoms with Crippen molar-refractivity contribution in [3.63, 3.8) is 0 Å². The van der Waals surface area contributed by atoms with Gasteiger partial charge in [-0.1, -0.05) is 24.3 Å². The molecule has 0 aromatic carbocycles. The maximum atomic E-state index is 12.4. The molecule has 1 rings (SSSR count). The number of allylic oxidation sites excluding steroid dienone is 2. The molecule has 8 heteroatoms. The first-order valence-electron chi connectivity index (χ1n) is 7.07. The number of nitrogens with zero attached hydrogens (tertiary/aromatic N) is 3. The summed E-state index contributed by atoms with van der Waals surface area (Å²) in [5, 5.41) is 0. The molecule has 0 spiro atoms. The molecule has 0 fully saturated rings. The van der Waals surface area contributed by atoms with Gasteiger partial charge in [-0.25, -0.2) is 28.1 Å². The van der Waals surface area contributed by atoms with Gasteiger partial charge in [0.25, 0.3) is 0 Å². The van der Waals surface area contributed by atoms with Crippen LogP contribution >= 0.6 is 0 Å². The van der Waals surface area contributed by atoms with Gasteiger partial charge in [0.15, 0.2) is 0 Å². The highest BCUT2D eigenvalue weighted by molar-refractivity contribution is 5.69. The highest BCUT2D eigenvalue weighted by Crippen LogP contribution is 1.92. The predicted octanol–water partition coefficient (Wildman–Crippen LogP) is -0.113. The van der Waals surface area contributed by atoms with Crippen LogP contribution in [0.4, 0.5) is 0 Å². The topological polar surface area (TPSA) is 92.3 Å². The Morgan fingerprint density at radius 1 is 0.870 bits per heavy atom. The molecule has 0 aliphatic rings. The zero-order valence-corrected chi connectivity index (χ0v) is 13.6. The molecule has 1 aromatic rings. The van der Waals surface area contributed by atoms with Crippen molar-refractivity contribution < 1.29 is 9.53 Å². The maximum Gasteiger partial charge on any atom is 0.337 e. The Morgan fingerprint density at radius 3 is 1.52 bits per heavy atom. The van der Waals surface area contributed by atoms with Gasteiger partial charge in [0.2, 0.25) is 0 Å². The van der Waals surface area contributed by atoms with Crippen molar-refractivity contribution in [2.24, 2.45) is 0 Å². The van der Waals surface area contributed by atoms with E-state index in [4.69, 9.17) is 4.74 Å². The van der Waals surface area contributed by atoms with Crippen molar-refractivity contribution in [1.82, 2.24) is 13.7 Å². The zero-order valence-electron chi connectivity index (χ0n) is 13.6. The molecule has 0 bridgehead atoms. The minimum atomic E-state index is -0.867. The predicted molar refractivity (Wildman–Crippen MR) is 85.5 cm³/mol. The highest BCUT2D eigenvalue weighted by Gasteiger charge is 2.18. The van der Waals surface area contributed by atoms with E-state index < -0.39 is 29.6 Å². The maximum absolute atomic E-state index is 12.4. The first kappa shape index (κ1) is 18.4. The molecule has 0 saturated carbocycles. The fraction of sp³-hybridized carbons (Fsp3) is 0.467. The third kappa shape index (κ3) is 4.41. The van der Waals surface area contributed by atoms with E-state index in [-0.39, 0.29) is 19.7 Å². The van der Waals surface area contributed by atoms with Crippen LogP contribution in [0.1, 0.15) is 20.8 Å². The lowest BCUT2D eigenvalue weighted by Crippen LogP contribution is -2.55. The first-order chi connectivity index (χ1) is 10.7. The molecule has 1 aromatic heterocycles. The Kier molecular flexibility index (Phi) is 6.06. The van der Waals surface area contributed by atoms with Crippen molar-refractivity contribution in [3.8, 4) is 0 Å². The second kappa shape index (κ2) is 7.57. The van der Waals surface area contributed by atoms with Gasteiger partial charge in [0.05, 0.1) is 19.7 Å². The Balaban J connectivity index is 3.61. The lowest BCUT2D eigenvalue weighted by Gasteiger charge is -2.13. The number of rotatable bonds is 7. The fourth-order valence-corrected chi connectivity index (χ4v) is 1.96. The standard InChI is InChI=1S/C15H21N3O5/c1-6-23-12(19)9-18-14(21)16(7-10(2)3)13(20)17(15(18)22)8-11(4)5/h2,4,6-9H2,1,3,5H3. The van der Waals surface area contributed by atoms with Crippen molar-refractivity contribution >= 4 is 5.97 Å². The molecule has 0 saturated heterocycles. The monoisotopic (exact) mass is 323 g/mol. The molecule has 23 heavy (non-hydrogen) atoms. The summed E-state index contributed by atoms with van der Waals surface area (Å²) in [4.78, 5) is 48.7. The molecule has 0 aliphatic carbocycles. The lowest BCUT2D eigenvalue weighted by molar-refractivity contribution is -0.144. The van der Waals surface area contributed by atoms with Gasteiger partial charge in [0, 0.05) is 0 Å². The SMILES string of the molecule is C=C(C)Cn1c(=O)n(CC(=C)C)c(=O)n(CC(=O)OCC)c1=O. The minimum absolute atomic E-state index is 0.0447. The van der Waals surface area contributed by atoms with Crippen molar-refractivity contribution in [3.05, 3.63) is 55.8 Å². The van der Waals surface area contributed by atoms with Crippen LogP contribution in [-0.2, 0) is 29.2 Å². The molecule has 126 valence electrons. The van der Waals surface area contributed by atoms with Crippen molar-refractivity contribution in [2.45, 2.75) is 40.4 Å². The van der Waals surface area contributed by atoms with Crippen LogP contribution in [0, 0.1) is 0 Å². The van der Waals surface area contributed by atoms with Gasteiger partial charge in [-0.2, -0.15) is 0 Å². The Bertz CT molecular complexity index is 756. The van der Waals surface area contributed by atoms with Crippen molar-refractivity contribution in [1.29, 1.82) is 0 Å². The van der Waals surface area contributed by atoms with Gasteiger partial charge >= 0.3 is 23.0 Å². The van der Waals surface area contributed by atoms with E-state index in [1.165, 1.54) is 0 Å². The Morgan fingerprint density at radius 2 is 1.22 bits per heavy atom. The molecular formula is C15H21N3O5. The Hall–Kier alpha value is -2.64. The number of carbonyl (C=O) groups is 1. The summed E-state index contributed by atoms with van der Waals surface area (Å²) in [5.74, 6) is -0.728. The molecule has 1 heterocycles. The van der Waals surface area contributed by atoms with Gasteiger partial charge in [0.1, 0.15) is 6.54 Å².